The first-order valence-corrected chi connectivity index (χ1v) is 6.81. The second-order valence-electron chi connectivity index (χ2n) is 3.62. The molecule has 17 heavy (non-hydrogen) atoms. The average Bonchev–Trinajstić information content (AvgIpc) is 2.77. The molecule has 7 nitrogen and oxygen atoms in total. The molecule has 0 bridgehead atoms. The van der Waals surface area contributed by atoms with Crippen molar-refractivity contribution in [3.05, 3.63) is 0 Å². The van der Waals surface area contributed by atoms with E-state index in [4.69, 9.17) is 4.74 Å². The molecule has 0 saturated carbocycles. The highest BCUT2D eigenvalue weighted by Crippen LogP contribution is 2.23. The van der Waals surface area contributed by atoms with Crippen molar-refractivity contribution in [2.24, 2.45) is 0 Å². The van der Waals surface area contributed by atoms with E-state index in [0.29, 0.717) is 19.4 Å². The van der Waals surface area contributed by atoms with Gasteiger partial charge in [0.05, 0.1) is 13.7 Å². The number of nitrogens with zero attached hydrogens (tertiary/aromatic N) is 2. The molecule has 1 atom stereocenters. The summed E-state index contributed by atoms with van der Waals surface area (Å²) >= 11 is 0. The van der Waals surface area contributed by atoms with E-state index in [-0.39, 0.29) is 6.61 Å². The van der Waals surface area contributed by atoms with Crippen molar-refractivity contribution in [2.45, 2.75) is 25.8 Å². The lowest BCUT2D eigenvalue weighted by atomic mass is 10.2. The molecule has 1 aliphatic rings. The minimum absolute atomic E-state index is 0.239. The maximum atomic E-state index is 12.0. The van der Waals surface area contributed by atoms with Crippen molar-refractivity contribution in [2.75, 3.05) is 27.3 Å². The molecule has 1 rings (SSSR count). The summed E-state index contributed by atoms with van der Waals surface area (Å²) < 4.78 is 30.7. The summed E-state index contributed by atoms with van der Waals surface area (Å²) in [4.78, 5) is 16.3. The van der Waals surface area contributed by atoms with Crippen LogP contribution in [0.15, 0.2) is 0 Å². The van der Waals surface area contributed by atoms with Crippen LogP contribution < -0.4 is 0 Å². The first-order valence-electron chi connectivity index (χ1n) is 5.41. The third-order valence-electron chi connectivity index (χ3n) is 2.64. The maximum Gasteiger partial charge on any atom is 0.324 e. The summed E-state index contributed by atoms with van der Waals surface area (Å²) in [6, 6.07) is -0.738. The Morgan fingerprint density at radius 3 is 2.71 bits per heavy atom. The molecular formula is C9H18N2O5S. The van der Waals surface area contributed by atoms with Gasteiger partial charge in [0.25, 0.3) is 0 Å². The van der Waals surface area contributed by atoms with Gasteiger partial charge in [-0.05, 0) is 19.8 Å². The molecule has 1 saturated heterocycles. The number of hydrogen-bond acceptors (Lipinski definition) is 5. The monoisotopic (exact) mass is 266 g/mol. The Bertz CT molecular complexity index is 370. The minimum Gasteiger partial charge on any atom is -0.465 e. The van der Waals surface area contributed by atoms with Gasteiger partial charge >= 0.3 is 16.2 Å². The fraction of sp³-hybridized carbons (Fsp3) is 0.889. The van der Waals surface area contributed by atoms with Crippen molar-refractivity contribution in [1.29, 1.82) is 0 Å². The average molecular weight is 266 g/mol. The molecule has 1 fully saturated rings. The Labute approximate surface area is 101 Å². The maximum absolute atomic E-state index is 12.0. The zero-order valence-electron chi connectivity index (χ0n) is 10.2. The molecule has 1 aliphatic heterocycles. The van der Waals surface area contributed by atoms with Crippen LogP contribution in [0.2, 0.25) is 0 Å². The number of carbonyl (C=O) groups excluding carboxylic acids is 1. The molecule has 0 aromatic heterocycles. The van der Waals surface area contributed by atoms with E-state index in [1.54, 1.807) is 6.92 Å². The van der Waals surface area contributed by atoms with Crippen LogP contribution in [0, 0.1) is 0 Å². The molecule has 0 aromatic carbocycles. The Balaban J connectivity index is 2.86. The quantitative estimate of drug-likeness (QED) is 0.507. The molecule has 0 spiro atoms. The van der Waals surface area contributed by atoms with Crippen molar-refractivity contribution in [3.63, 3.8) is 0 Å². The summed E-state index contributed by atoms with van der Waals surface area (Å²) in [5, 5.41) is 0. The van der Waals surface area contributed by atoms with Gasteiger partial charge in [0.2, 0.25) is 0 Å². The van der Waals surface area contributed by atoms with Crippen LogP contribution in [0.25, 0.3) is 0 Å². The summed E-state index contributed by atoms with van der Waals surface area (Å²) in [6.45, 7) is 2.23. The lowest BCUT2D eigenvalue weighted by Gasteiger charge is -2.26. The Morgan fingerprint density at radius 2 is 2.18 bits per heavy atom. The van der Waals surface area contributed by atoms with Crippen LogP contribution >= 0.6 is 0 Å². The van der Waals surface area contributed by atoms with Gasteiger partial charge in [-0.1, -0.05) is 4.47 Å². The predicted octanol–water partition coefficient (Wildman–Crippen LogP) is -0.248. The molecule has 1 unspecified atom stereocenters. The molecule has 0 aliphatic carbocycles. The van der Waals surface area contributed by atoms with E-state index in [9.17, 15) is 13.2 Å². The van der Waals surface area contributed by atoms with Crippen LogP contribution in [0.5, 0.6) is 0 Å². The highest BCUT2D eigenvalue weighted by atomic mass is 32.2. The topological polar surface area (TPSA) is 76.2 Å². The molecule has 100 valence electrons. The number of carbonyl (C=O) groups is 1. The number of hydroxylamine groups is 1. The molecule has 0 radical (unpaired) electrons. The highest BCUT2D eigenvalue weighted by Gasteiger charge is 2.41. The van der Waals surface area contributed by atoms with Crippen molar-refractivity contribution < 1.29 is 22.8 Å². The summed E-state index contributed by atoms with van der Waals surface area (Å²) in [5.41, 5.74) is 0. The Kier molecular flexibility index (Phi) is 4.87. The number of hydrogen-bond donors (Lipinski definition) is 0. The Morgan fingerprint density at radius 1 is 1.53 bits per heavy atom. The summed E-state index contributed by atoms with van der Waals surface area (Å²) in [6.07, 6.45) is 1.12. The minimum atomic E-state index is -3.76. The third kappa shape index (κ3) is 2.95. The largest absolute Gasteiger partial charge is 0.465 e. The van der Waals surface area contributed by atoms with Gasteiger partial charge in [0, 0.05) is 13.6 Å². The zero-order chi connectivity index (χ0) is 13.1. The van der Waals surface area contributed by atoms with Crippen LogP contribution in [0.1, 0.15) is 19.8 Å². The fourth-order valence-electron chi connectivity index (χ4n) is 1.73. The van der Waals surface area contributed by atoms with Gasteiger partial charge in [0.1, 0.15) is 6.04 Å². The first kappa shape index (κ1) is 14.4. The summed E-state index contributed by atoms with van der Waals surface area (Å²) in [5.74, 6) is -0.502. The SMILES string of the molecule is CCOC(=O)C1CCCN1S(=O)(=O)N(C)OC. The van der Waals surface area contributed by atoms with Crippen molar-refractivity contribution >= 4 is 16.2 Å². The van der Waals surface area contributed by atoms with E-state index in [1.165, 1.54) is 14.2 Å². The first-order chi connectivity index (χ1) is 7.95. The van der Waals surface area contributed by atoms with Gasteiger partial charge in [-0.2, -0.15) is 12.7 Å². The molecule has 8 heteroatoms. The van der Waals surface area contributed by atoms with Gasteiger partial charge in [0.15, 0.2) is 0 Å². The lowest BCUT2D eigenvalue weighted by molar-refractivity contribution is -0.147. The molecule has 1 heterocycles. The smallest absolute Gasteiger partial charge is 0.324 e. The number of esters is 1. The van der Waals surface area contributed by atoms with E-state index in [0.717, 1.165) is 8.77 Å². The Hall–Kier alpha value is -0.700. The summed E-state index contributed by atoms with van der Waals surface area (Å²) in [7, 11) is -1.21. The number of rotatable bonds is 5. The van der Waals surface area contributed by atoms with Crippen LogP contribution in [0.4, 0.5) is 0 Å². The second-order valence-corrected chi connectivity index (χ2v) is 5.50. The van der Waals surface area contributed by atoms with Crippen LogP contribution in [-0.2, 0) is 24.6 Å². The second kappa shape index (κ2) is 5.76. The highest BCUT2D eigenvalue weighted by molar-refractivity contribution is 7.86. The molecule has 0 amide bonds. The van der Waals surface area contributed by atoms with Gasteiger partial charge in [-0.25, -0.2) is 0 Å². The van der Waals surface area contributed by atoms with E-state index < -0.39 is 22.2 Å². The van der Waals surface area contributed by atoms with E-state index >= 15 is 0 Å². The van der Waals surface area contributed by atoms with Crippen molar-refractivity contribution in [1.82, 2.24) is 8.77 Å². The molecule has 0 N–H and O–H groups in total. The van der Waals surface area contributed by atoms with Crippen LogP contribution in [-0.4, -0.2) is 56.5 Å². The standard InChI is InChI=1S/C9H18N2O5S/c1-4-16-9(12)8-6-5-7-11(8)17(13,14)10(2)15-3/h8H,4-7H2,1-3H3. The normalized spacial score (nSPS) is 22.0. The van der Waals surface area contributed by atoms with Crippen molar-refractivity contribution in [3.8, 4) is 0 Å². The van der Waals surface area contributed by atoms with Crippen LogP contribution in [0.3, 0.4) is 0 Å². The lowest BCUT2D eigenvalue weighted by Crippen LogP contribution is -2.47. The molecule has 0 aromatic rings. The zero-order valence-corrected chi connectivity index (χ0v) is 11.1. The third-order valence-corrected chi connectivity index (χ3v) is 4.47. The van der Waals surface area contributed by atoms with Gasteiger partial charge < -0.3 is 4.74 Å². The predicted molar refractivity (Wildman–Crippen MR) is 60.1 cm³/mol. The molecular weight excluding hydrogens is 248 g/mol. The van der Waals surface area contributed by atoms with Gasteiger partial charge in [-0.15, -0.1) is 0 Å². The number of ether oxygens (including phenoxy) is 1. The van der Waals surface area contributed by atoms with Gasteiger partial charge in [-0.3, -0.25) is 9.63 Å². The van der Waals surface area contributed by atoms with E-state index in [2.05, 4.69) is 4.84 Å². The van der Waals surface area contributed by atoms with E-state index in [1.807, 2.05) is 0 Å². The fourth-order valence-corrected chi connectivity index (χ4v) is 3.09.